The van der Waals surface area contributed by atoms with Crippen molar-refractivity contribution < 1.29 is 9.53 Å². The Hall–Kier alpha value is -0.900. The molecule has 0 unspecified atom stereocenters. The van der Waals surface area contributed by atoms with E-state index in [0.29, 0.717) is 10.9 Å². The molecule has 0 aliphatic carbocycles. The van der Waals surface area contributed by atoms with Crippen LogP contribution in [0.5, 0.6) is 0 Å². The molecule has 0 bridgehead atoms. The van der Waals surface area contributed by atoms with Gasteiger partial charge in [-0.25, -0.2) is 9.78 Å². The Kier molecular flexibility index (Phi) is 2.81. The third-order valence-electron chi connectivity index (χ3n) is 1.47. The van der Waals surface area contributed by atoms with Crippen molar-refractivity contribution in [3.63, 3.8) is 0 Å². The van der Waals surface area contributed by atoms with E-state index in [0.717, 1.165) is 5.69 Å². The maximum absolute atomic E-state index is 11.0. The normalized spacial score (nSPS) is 10.3. The van der Waals surface area contributed by atoms with Gasteiger partial charge in [0, 0.05) is 5.38 Å². The second-order valence-corrected chi connectivity index (χ2v) is 3.58. The van der Waals surface area contributed by atoms with Crippen molar-refractivity contribution in [2.24, 2.45) is 0 Å². The van der Waals surface area contributed by atoms with Gasteiger partial charge < -0.3 is 4.74 Å². The molecule has 12 heavy (non-hydrogen) atoms. The first-order valence-electron chi connectivity index (χ1n) is 3.69. The van der Waals surface area contributed by atoms with Crippen molar-refractivity contribution in [1.82, 2.24) is 4.98 Å². The molecule has 0 amide bonds. The van der Waals surface area contributed by atoms with E-state index in [4.69, 9.17) is 0 Å². The average Bonchev–Trinajstić information content (AvgIpc) is 2.51. The van der Waals surface area contributed by atoms with E-state index in [1.54, 1.807) is 0 Å². The topological polar surface area (TPSA) is 39.2 Å². The van der Waals surface area contributed by atoms with Crippen LogP contribution in [0.25, 0.3) is 0 Å². The molecule has 1 heterocycles. The number of nitrogens with zero attached hydrogens (tertiary/aromatic N) is 1. The van der Waals surface area contributed by atoms with Crippen LogP contribution in [0.1, 0.15) is 35.3 Å². The first-order chi connectivity index (χ1) is 5.65. The van der Waals surface area contributed by atoms with Gasteiger partial charge in [-0.3, -0.25) is 0 Å². The van der Waals surface area contributed by atoms with E-state index < -0.39 is 0 Å². The standard InChI is InChI=1S/C8H11NO2S/c1-5(2)6-4-12-7(9-6)8(10)11-3/h4-5H,1-3H3. The quantitative estimate of drug-likeness (QED) is 0.662. The van der Waals surface area contributed by atoms with Gasteiger partial charge in [-0.1, -0.05) is 13.8 Å². The molecule has 1 aromatic heterocycles. The Morgan fingerprint density at radius 2 is 2.33 bits per heavy atom. The Labute approximate surface area is 75.4 Å². The molecule has 4 heteroatoms. The highest BCUT2D eigenvalue weighted by Crippen LogP contribution is 2.17. The lowest BCUT2D eigenvalue weighted by Crippen LogP contribution is -2.00. The number of thiazole rings is 1. The summed E-state index contributed by atoms with van der Waals surface area (Å²) in [5, 5.41) is 2.32. The maximum Gasteiger partial charge on any atom is 0.367 e. The van der Waals surface area contributed by atoms with Crippen LogP contribution in [0, 0.1) is 0 Å². The lowest BCUT2D eigenvalue weighted by atomic mass is 10.2. The number of hydrogen-bond acceptors (Lipinski definition) is 4. The first kappa shape index (κ1) is 9.19. The number of carbonyl (C=O) groups is 1. The molecule has 0 aliphatic rings. The van der Waals surface area contributed by atoms with Gasteiger partial charge in [0.2, 0.25) is 5.01 Å². The van der Waals surface area contributed by atoms with Crippen LogP contribution in [-0.2, 0) is 4.74 Å². The summed E-state index contributed by atoms with van der Waals surface area (Å²) in [6.45, 7) is 4.08. The van der Waals surface area contributed by atoms with Gasteiger partial charge in [0.1, 0.15) is 0 Å². The zero-order valence-electron chi connectivity index (χ0n) is 7.33. The molecule has 66 valence electrons. The fourth-order valence-electron chi connectivity index (χ4n) is 0.732. The van der Waals surface area contributed by atoms with Crippen molar-refractivity contribution in [2.45, 2.75) is 19.8 Å². The molecule has 1 rings (SSSR count). The van der Waals surface area contributed by atoms with Crippen molar-refractivity contribution in [3.8, 4) is 0 Å². The predicted molar refractivity (Wildman–Crippen MR) is 47.5 cm³/mol. The van der Waals surface area contributed by atoms with Crippen LogP contribution in [0.4, 0.5) is 0 Å². The highest BCUT2D eigenvalue weighted by atomic mass is 32.1. The van der Waals surface area contributed by atoms with Crippen molar-refractivity contribution >= 4 is 17.3 Å². The lowest BCUT2D eigenvalue weighted by molar-refractivity contribution is 0.0600. The third-order valence-corrected chi connectivity index (χ3v) is 2.31. The lowest BCUT2D eigenvalue weighted by Gasteiger charge is -1.96. The second kappa shape index (κ2) is 3.67. The van der Waals surface area contributed by atoms with Crippen LogP contribution < -0.4 is 0 Å². The summed E-state index contributed by atoms with van der Waals surface area (Å²) in [7, 11) is 1.36. The van der Waals surface area contributed by atoms with Gasteiger partial charge in [0.15, 0.2) is 0 Å². The molecule has 0 saturated carbocycles. The summed E-state index contributed by atoms with van der Waals surface area (Å²) >= 11 is 1.32. The largest absolute Gasteiger partial charge is 0.464 e. The van der Waals surface area contributed by atoms with Crippen molar-refractivity contribution in [3.05, 3.63) is 16.1 Å². The molecule has 3 nitrogen and oxygen atoms in total. The van der Waals surface area contributed by atoms with Gasteiger partial charge in [0.05, 0.1) is 12.8 Å². The maximum atomic E-state index is 11.0. The first-order valence-corrected chi connectivity index (χ1v) is 4.57. The van der Waals surface area contributed by atoms with E-state index in [1.807, 2.05) is 19.2 Å². The van der Waals surface area contributed by atoms with Crippen LogP contribution in [-0.4, -0.2) is 18.1 Å². The number of carbonyl (C=O) groups excluding carboxylic acids is 1. The molecular formula is C8H11NO2S. The SMILES string of the molecule is COC(=O)c1nc(C(C)C)cs1. The fraction of sp³-hybridized carbons (Fsp3) is 0.500. The molecule has 0 aliphatic heterocycles. The summed E-state index contributed by atoms with van der Waals surface area (Å²) < 4.78 is 4.54. The fourth-order valence-corrected chi connectivity index (χ4v) is 1.63. The Morgan fingerprint density at radius 1 is 1.67 bits per heavy atom. The predicted octanol–water partition coefficient (Wildman–Crippen LogP) is 2.05. The monoisotopic (exact) mass is 185 g/mol. The third kappa shape index (κ3) is 1.82. The Bertz CT molecular complexity index is 280. The number of methoxy groups -OCH3 is 1. The Balaban J connectivity index is 2.84. The molecule has 0 aromatic carbocycles. The highest BCUT2D eigenvalue weighted by molar-refractivity contribution is 7.11. The van der Waals surface area contributed by atoms with E-state index in [1.165, 1.54) is 18.4 Å². The minimum atomic E-state index is -0.355. The van der Waals surface area contributed by atoms with Crippen molar-refractivity contribution in [2.75, 3.05) is 7.11 Å². The van der Waals surface area contributed by atoms with Gasteiger partial charge >= 0.3 is 5.97 Å². The minimum Gasteiger partial charge on any atom is -0.464 e. The van der Waals surface area contributed by atoms with Gasteiger partial charge in [-0.05, 0) is 5.92 Å². The van der Waals surface area contributed by atoms with E-state index in [-0.39, 0.29) is 5.97 Å². The van der Waals surface area contributed by atoms with Gasteiger partial charge in [-0.2, -0.15) is 0 Å². The molecular weight excluding hydrogens is 174 g/mol. The minimum absolute atomic E-state index is 0.355. The van der Waals surface area contributed by atoms with E-state index in [2.05, 4.69) is 9.72 Å². The number of esters is 1. The summed E-state index contributed by atoms with van der Waals surface area (Å²) in [6.07, 6.45) is 0. The summed E-state index contributed by atoms with van der Waals surface area (Å²) in [5.41, 5.74) is 0.945. The van der Waals surface area contributed by atoms with Crippen LogP contribution in [0.2, 0.25) is 0 Å². The van der Waals surface area contributed by atoms with Crippen molar-refractivity contribution in [1.29, 1.82) is 0 Å². The molecule has 0 saturated heterocycles. The molecule has 0 radical (unpaired) electrons. The van der Waals surface area contributed by atoms with E-state index >= 15 is 0 Å². The average molecular weight is 185 g/mol. The summed E-state index contributed by atoms with van der Waals surface area (Å²) in [6, 6.07) is 0. The zero-order chi connectivity index (χ0) is 9.14. The molecule has 0 fully saturated rings. The zero-order valence-corrected chi connectivity index (χ0v) is 8.14. The number of ether oxygens (including phenoxy) is 1. The summed E-state index contributed by atoms with van der Waals surface area (Å²) in [5.74, 6) is 0.00607. The van der Waals surface area contributed by atoms with Gasteiger partial charge in [-0.15, -0.1) is 11.3 Å². The smallest absolute Gasteiger partial charge is 0.367 e. The van der Waals surface area contributed by atoms with Crippen LogP contribution in [0.3, 0.4) is 0 Å². The van der Waals surface area contributed by atoms with Crippen LogP contribution >= 0.6 is 11.3 Å². The van der Waals surface area contributed by atoms with Crippen LogP contribution in [0.15, 0.2) is 5.38 Å². The summed E-state index contributed by atoms with van der Waals surface area (Å²) in [4.78, 5) is 15.1. The number of hydrogen-bond donors (Lipinski definition) is 0. The molecule has 0 atom stereocenters. The Morgan fingerprint density at radius 3 is 2.75 bits per heavy atom. The second-order valence-electron chi connectivity index (χ2n) is 2.72. The molecule has 0 N–H and O–H groups in total. The van der Waals surface area contributed by atoms with Gasteiger partial charge in [0.25, 0.3) is 0 Å². The molecule has 0 spiro atoms. The number of rotatable bonds is 2. The highest BCUT2D eigenvalue weighted by Gasteiger charge is 2.12. The number of aromatic nitrogens is 1. The molecule has 1 aromatic rings. The van der Waals surface area contributed by atoms with E-state index in [9.17, 15) is 4.79 Å².